The molecule has 0 bridgehead atoms. The molecule has 2 heterocycles. The number of aromatic nitrogens is 2. The lowest BCUT2D eigenvalue weighted by Gasteiger charge is -2.13. The van der Waals surface area contributed by atoms with E-state index in [1.807, 2.05) is 0 Å². The standard InChI is InChI=1S/C16H16F3N3O3/c1-2-3-8-4-5-22(7-8)16(24)14-20-15(25-21-14)9-6-10(17)12(19)13(23)11(9)18/h6,8,23H,2-5,7H2,1H3. The molecule has 1 aromatic heterocycles. The minimum Gasteiger partial charge on any atom is -0.503 e. The molecule has 1 fully saturated rings. The van der Waals surface area contributed by atoms with E-state index < -0.39 is 40.6 Å². The predicted molar refractivity (Wildman–Crippen MR) is 80.2 cm³/mol. The van der Waals surface area contributed by atoms with Gasteiger partial charge >= 0.3 is 0 Å². The van der Waals surface area contributed by atoms with Crippen LogP contribution in [0, 0.1) is 23.4 Å². The zero-order valence-corrected chi connectivity index (χ0v) is 13.4. The van der Waals surface area contributed by atoms with Crippen molar-refractivity contribution in [2.45, 2.75) is 26.2 Å². The van der Waals surface area contributed by atoms with Gasteiger partial charge in [0.1, 0.15) is 0 Å². The van der Waals surface area contributed by atoms with Crippen molar-refractivity contribution in [1.29, 1.82) is 0 Å². The van der Waals surface area contributed by atoms with Gasteiger partial charge in [-0.1, -0.05) is 18.5 Å². The Balaban J connectivity index is 1.83. The van der Waals surface area contributed by atoms with Crippen LogP contribution in [0.3, 0.4) is 0 Å². The molecule has 1 aliphatic rings. The van der Waals surface area contributed by atoms with Crippen molar-refractivity contribution in [3.05, 3.63) is 29.3 Å². The largest absolute Gasteiger partial charge is 0.503 e. The lowest BCUT2D eigenvalue weighted by Crippen LogP contribution is -2.29. The Morgan fingerprint density at radius 2 is 2.16 bits per heavy atom. The van der Waals surface area contributed by atoms with Gasteiger partial charge in [0.05, 0.1) is 5.56 Å². The van der Waals surface area contributed by atoms with Crippen molar-refractivity contribution in [1.82, 2.24) is 15.0 Å². The zero-order chi connectivity index (χ0) is 18.1. The number of aromatic hydroxyl groups is 1. The maximum Gasteiger partial charge on any atom is 0.295 e. The van der Waals surface area contributed by atoms with E-state index >= 15 is 0 Å². The van der Waals surface area contributed by atoms with E-state index in [4.69, 9.17) is 4.52 Å². The third-order valence-corrected chi connectivity index (χ3v) is 4.25. The first-order valence-electron chi connectivity index (χ1n) is 7.92. The molecule has 0 radical (unpaired) electrons. The summed E-state index contributed by atoms with van der Waals surface area (Å²) in [5.41, 5.74) is -0.617. The van der Waals surface area contributed by atoms with Crippen LogP contribution in [0.1, 0.15) is 36.8 Å². The lowest BCUT2D eigenvalue weighted by molar-refractivity contribution is 0.0771. The Kier molecular flexibility index (Phi) is 4.65. The lowest BCUT2D eigenvalue weighted by atomic mass is 10.0. The number of amides is 1. The second-order valence-electron chi connectivity index (χ2n) is 6.00. The highest BCUT2D eigenvalue weighted by Crippen LogP contribution is 2.32. The number of halogens is 3. The van der Waals surface area contributed by atoms with Gasteiger partial charge in [-0.15, -0.1) is 0 Å². The van der Waals surface area contributed by atoms with Crippen LogP contribution in [-0.2, 0) is 0 Å². The van der Waals surface area contributed by atoms with Crippen molar-refractivity contribution in [3.63, 3.8) is 0 Å². The van der Waals surface area contributed by atoms with Gasteiger partial charge < -0.3 is 14.5 Å². The summed E-state index contributed by atoms with van der Waals surface area (Å²) < 4.78 is 45.2. The van der Waals surface area contributed by atoms with Crippen LogP contribution in [0.15, 0.2) is 10.6 Å². The Labute approximate surface area is 141 Å². The summed E-state index contributed by atoms with van der Waals surface area (Å²) in [5.74, 6) is -6.97. The molecular formula is C16H16F3N3O3. The molecule has 0 spiro atoms. The van der Waals surface area contributed by atoms with Gasteiger partial charge in [0.2, 0.25) is 5.82 Å². The molecular weight excluding hydrogens is 339 g/mol. The fraction of sp³-hybridized carbons (Fsp3) is 0.438. The fourth-order valence-electron chi connectivity index (χ4n) is 2.97. The molecule has 1 N–H and O–H groups in total. The van der Waals surface area contributed by atoms with Crippen LogP contribution in [-0.4, -0.2) is 39.1 Å². The van der Waals surface area contributed by atoms with Crippen molar-refractivity contribution in [2.24, 2.45) is 5.92 Å². The molecule has 1 aliphatic heterocycles. The molecule has 1 unspecified atom stereocenters. The molecule has 3 rings (SSSR count). The first-order valence-corrected chi connectivity index (χ1v) is 7.92. The van der Waals surface area contributed by atoms with Crippen LogP contribution in [0.4, 0.5) is 13.2 Å². The Bertz CT molecular complexity index is 809. The van der Waals surface area contributed by atoms with Crippen molar-refractivity contribution >= 4 is 5.91 Å². The van der Waals surface area contributed by atoms with Gasteiger partial charge in [-0.05, 0) is 24.8 Å². The van der Waals surface area contributed by atoms with Crippen LogP contribution in [0.25, 0.3) is 11.5 Å². The third-order valence-electron chi connectivity index (χ3n) is 4.25. The van der Waals surface area contributed by atoms with E-state index in [9.17, 15) is 23.1 Å². The van der Waals surface area contributed by atoms with Crippen LogP contribution >= 0.6 is 0 Å². The maximum atomic E-state index is 13.9. The summed E-state index contributed by atoms with van der Waals surface area (Å²) in [5, 5.41) is 12.7. The maximum absolute atomic E-state index is 13.9. The highest BCUT2D eigenvalue weighted by molar-refractivity contribution is 5.90. The SMILES string of the molecule is CCCC1CCN(C(=O)c2noc(-c3cc(F)c(F)c(O)c3F)n2)C1. The van der Waals surface area contributed by atoms with E-state index in [-0.39, 0.29) is 5.82 Å². The number of rotatable bonds is 4. The number of carbonyl (C=O) groups is 1. The first-order chi connectivity index (χ1) is 11.9. The molecule has 0 aliphatic carbocycles. The van der Waals surface area contributed by atoms with Gasteiger partial charge in [-0.3, -0.25) is 4.79 Å². The third kappa shape index (κ3) is 3.18. The molecule has 25 heavy (non-hydrogen) atoms. The van der Waals surface area contributed by atoms with Gasteiger partial charge in [0, 0.05) is 13.1 Å². The van der Waals surface area contributed by atoms with Crippen LogP contribution in [0.2, 0.25) is 0 Å². The number of hydrogen-bond donors (Lipinski definition) is 1. The highest BCUT2D eigenvalue weighted by Gasteiger charge is 2.30. The topological polar surface area (TPSA) is 79.5 Å². The van der Waals surface area contributed by atoms with E-state index in [0.717, 1.165) is 19.3 Å². The normalized spacial score (nSPS) is 17.3. The number of likely N-dealkylation sites (tertiary alicyclic amines) is 1. The molecule has 1 atom stereocenters. The molecule has 1 amide bonds. The molecule has 0 saturated carbocycles. The van der Waals surface area contributed by atoms with Gasteiger partial charge in [0.15, 0.2) is 17.4 Å². The molecule has 2 aromatic rings. The number of phenolic OH excluding ortho intramolecular Hbond substituents is 1. The number of nitrogens with zero attached hydrogens (tertiary/aromatic N) is 3. The minimum absolute atomic E-state index is 0.296. The van der Waals surface area contributed by atoms with Crippen molar-refractivity contribution < 1.29 is 27.6 Å². The van der Waals surface area contributed by atoms with Crippen LogP contribution in [0.5, 0.6) is 5.75 Å². The smallest absolute Gasteiger partial charge is 0.295 e. The first kappa shape index (κ1) is 17.2. The molecule has 134 valence electrons. The fourth-order valence-corrected chi connectivity index (χ4v) is 2.97. The second kappa shape index (κ2) is 6.73. The van der Waals surface area contributed by atoms with Gasteiger partial charge in [0.25, 0.3) is 17.6 Å². The monoisotopic (exact) mass is 355 g/mol. The average Bonchev–Trinajstić information content (AvgIpc) is 3.25. The summed E-state index contributed by atoms with van der Waals surface area (Å²) in [6, 6.07) is 0.485. The van der Waals surface area contributed by atoms with Gasteiger partial charge in [-0.25, -0.2) is 8.78 Å². The summed E-state index contributed by atoms with van der Waals surface area (Å²) in [6.45, 7) is 3.21. The van der Waals surface area contributed by atoms with Gasteiger partial charge in [-0.2, -0.15) is 9.37 Å². The molecule has 1 saturated heterocycles. The van der Waals surface area contributed by atoms with E-state index in [1.165, 1.54) is 0 Å². The van der Waals surface area contributed by atoms with Crippen molar-refractivity contribution in [2.75, 3.05) is 13.1 Å². The Morgan fingerprint density at radius 1 is 1.40 bits per heavy atom. The summed E-state index contributed by atoms with van der Waals surface area (Å²) in [4.78, 5) is 17.7. The predicted octanol–water partition coefficient (Wildman–Crippen LogP) is 3.12. The Morgan fingerprint density at radius 3 is 2.88 bits per heavy atom. The molecule has 6 nitrogen and oxygen atoms in total. The average molecular weight is 355 g/mol. The van der Waals surface area contributed by atoms with Crippen molar-refractivity contribution in [3.8, 4) is 17.2 Å². The zero-order valence-electron chi connectivity index (χ0n) is 13.4. The highest BCUT2D eigenvalue weighted by atomic mass is 19.2. The van der Waals surface area contributed by atoms with E-state index in [0.29, 0.717) is 25.1 Å². The number of hydrogen-bond acceptors (Lipinski definition) is 5. The summed E-state index contributed by atoms with van der Waals surface area (Å²) in [7, 11) is 0. The number of benzene rings is 1. The summed E-state index contributed by atoms with van der Waals surface area (Å²) >= 11 is 0. The van der Waals surface area contributed by atoms with E-state index in [2.05, 4.69) is 17.1 Å². The number of phenols is 1. The Hall–Kier alpha value is -2.58. The summed E-state index contributed by atoms with van der Waals surface area (Å²) in [6.07, 6.45) is 2.93. The molecule has 9 heteroatoms. The second-order valence-corrected chi connectivity index (χ2v) is 6.00. The van der Waals surface area contributed by atoms with Crippen LogP contribution < -0.4 is 0 Å². The van der Waals surface area contributed by atoms with E-state index in [1.54, 1.807) is 4.90 Å². The minimum atomic E-state index is -1.71. The quantitative estimate of drug-likeness (QED) is 0.853. The molecule has 1 aromatic carbocycles. The number of carbonyl (C=O) groups excluding carboxylic acids is 1.